The Morgan fingerprint density at radius 2 is 0.990 bits per heavy atom. The number of nitrogens with two attached hydrogens (primary N) is 2. The molecule has 5 aromatic carbocycles. The topological polar surface area (TPSA) is 581 Å². The Labute approximate surface area is 568 Å². The minimum atomic E-state index is -0.835. The highest BCUT2D eigenvalue weighted by Crippen LogP contribution is 2.36. The summed E-state index contributed by atoms with van der Waals surface area (Å²) in [5.41, 5.74) is 23.7. The summed E-state index contributed by atoms with van der Waals surface area (Å²) in [6.07, 6.45) is 12.0. The number of thioether (sulfide) groups is 1. The minimum absolute atomic E-state index is 0.108. The molecule has 0 atom stereocenters. The van der Waals surface area contributed by atoms with Crippen LogP contribution in [0.1, 0.15) is 95.2 Å². The van der Waals surface area contributed by atoms with Gasteiger partial charge < -0.3 is 62.1 Å². The van der Waals surface area contributed by atoms with Crippen LogP contribution < -0.4 is 22.1 Å². The highest BCUT2D eigenvalue weighted by Gasteiger charge is 2.28. The number of nitro benzene ring substituents is 2. The van der Waals surface area contributed by atoms with Crippen molar-refractivity contribution in [3.05, 3.63) is 132 Å². The maximum absolute atomic E-state index is 11.0. The first-order valence-corrected chi connectivity index (χ1v) is 30.2. The van der Waals surface area contributed by atoms with E-state index in [4.69, 9.17) is 52.3 Å². The molecule has 3 aliphatic heterocycles. The van der Waals surface area contributed by atoms with E-state index in [1.807, 2.05) is 45.2 Å². The van der Waals surface area contributed by atoms with Gasteiger partial charge in [-0.25, -0.2) is 30.0 Å². The van der Waals surface area contributed by atoms with Crippen molar-refractivity contribution in [1.29, 1.82) is 31.6 Å². The number of amidine groups is 3. The van der Waals surface area contributed by atoms with Gasteiger partial charge in [0.05, 0.1) is 127 Å². The number of H-pyrrole nitrogens is 4. The summed E-state index contributed by atoms with van der Waals surface area (Å²) in [5.74, 6) is 0.435. The molecule has 0 aliphatic carbocycles. The number of aromatic amines is 4. The number of phenolic OH excluding ortho intramolecular Hbond substituents is 1. The predicted octanol–water partition coefficient (Wildman–Crippen LogP) is 9.84. The first kappa shape index (κ1) is 77.7. The molecular formula is C63H66N24O11S. The molecule has 99 heavy (non-hydrogen) atoms. The number of aryl methyl sites for hydroxylation is 4. The van der Waals surface area contributed by atoms with Crippen LogP contribution in [0.5, 0.6) is 5.75 Å². The van der Waals surface area contributed by atoms with E-state index >= 15 is 0 Å². The predicted molar refractivity (Wildman–Crippen MR) is 370 cm³/mol. The standard InChI is InChI=1S/2C13H13N5.C9H8N4.C9H7N3O.C8H6N4O4.C6H10N2O2S.2C2H4O2.CHN/c2*1-8-10(18-11-3-2-4-15-11)5-9(6-14)13-12(8)16-7-17-13;1-5-7(11)2-6(3-10)9-8(5)12-4-13-9;1-5-7(13)2-6(3-10)9-8(5)11-4-12-9;1-4-6(11(13)14)2-5(3-9)7(10)8(4)12(15)16;1-10-6(9)8-4-3-7-5(8)11-2;2*1-2(3)4;1-2/h2*5,7H,2-4H2,1H3,(H,15,18)(H,16,17);2,4H,11H2,1H3,(H,12,13);2,4,13H,1H3,(H,11,12);2H,10H2,1H3;3-4H2,1-2H3;2*1H3,(H,3,4);1H. The number of aromatic nitrogens is 8. The number of carbonyl (C=O) groups is 3. The van der Waals surface area contributed by atoms with Crippen molar-refractivity contribution < 1.29 is 44.3 Å². The molecule has 0 spiro atoms. The molecule has 7 heterocycles. The van der Waals surface area contributed by atoms with E-state index in [0.29, 0.717) is 57.6 Å². The van der Waals surface area contributed by atoms with Crippen molar-refractivity contribution in [3.63, 3.8) is 0 Å². The molecule has 35 nitrogen and oxygen atoms in total. The molecule has 0 saturated heterocycles. The first-order chi connectivity index (χ1) is 47.2. The number of anilines is 4. The van der Waals surface area contributed by atoms with Gasteiger partial charge in [0.2, 0.25) is 0 Å². The molecule has 510 valence electrons. The molecule has 0 saturated carbocycles. The van der Waals surface area contributed by atoms with Gasteiger partial charge in [0.15, 0.2) is 5.17 Å². The molecule has 0 unspecified atom stereocenters. The zero-order chi connectivity index (χ0) is 73.8. The van der Waals surface area contributed by atoms with E-state index in [2.05, 4.69) is 95.0 Å². The minimum Gasteiger partial charge on any atom is -0.508 e. The number of nitriles is 6. The van der Waals surface area contributed by atoms with Crippen molar-refractivity contribution in [3.8, 4) is 42.7 Å². The summed E-state index contributed by atoms with van der Waals surface area (Å²) < 4.78 is 4.56. The lowest BCUT2D eigenvalue weighted by atomic mass is 10.1. The molecular weight excluding hydrogens is 1300 g/mol. The molecule has 13 N–H and O–H groups in total. The second kappa shape index (κ2) is 37.3. The number of ether oxygens (including phenoxy) is 1. The smallest absolute Gasteiger partial charge is 0.415 e. The Morgan fingerprint density at radius 1 is 0.606 bits per heavy atom. The van der Waals surface area contributed by atoms with E-state index < -0.39 is 33.2 Å². The summed E-state index contributed by atoms with van der Waals surface area (Å²) in [5, 5.41) is 104. The number of carboxylic acid groups (broad SMARTS) is 2. The lowest BCUT2D eigenvalue weighted by molar-refractivity contribution is -0.394. The zero-order valence-corrected chi connectivity index (χ0v) is 55.6. The quantitative estimate of drug-likeness (QED) is 0.0443. The average Bonchev–Trinajstić information content (AvgIpc) is 1.48. The van der Waals surface area contributed by atoms with Crippen molar-refractivity contribution >= 4 is 125 Å². The number of hydrogen-bond acceptors (Lipinski definition) is 27. The molecule has 9 aromatic rings. The summed E-state index contributed by atoms with van der Waals surface area (Å²) in [6, 6.07) is 17.8. The van der Waals surface area contributed by atoms with Gasteiger partial charge in [0.1, 0.15) is 59.0 Å². The Kier molecular flexibility index (Phi) is 29.2. The second-order valence-corrected chi connectivity index (χ2v) is 21.2. The number of nitrogen functional groups attached to an aromatic ring is 2. The third-order valence-electron chi connectivity index (χ3n) is 14.1. The Hall–Kier alpha value is -13.7. The number of benzene rings is 5. The molecule has 4 aromatic heterocycles. The van der Waals surface area contributed by atoms with Gasteiger partial charge in [-0.2, -0.15) is 26.3 Å². The van der Waals surface area contributed by atoms with Crippen LogP contribution in [0, 0.1) is 123 Å². The number of aliphatic imine (C=N–C) groups is 3. The molecule has 0 radical (unpaired) electrons. The number of methoxy groups -OCH3 is 1. The van der Waals surface area contributed by atoms with Gasteiger partial charge in [-0.1, -0.05) is 11.8 Å². The Morgan fingerprint density at radius 3 is 1.34 bits per heavy atom. The van der Waals surface area contributed by atoms with Gasteiger partial charge in [-0.15, -0.1) is 0 Å². The number of nitro groups is 2. The summed E-state index contributed by atoms with van der Waals surface area (Å²) >= 11 is 1.46. The number of amides is 1. The lowest BCUT2D eigenvalue weighted by Gasteiger charge is -2.13. The largest absolute Gasteiger partial charge is 0.508 e. The van der Waals surface area contributed by atoms with Crippen LogP contribution in [-0.2, 0) is 14.3 Å². The maximum Gasteiger partial charge on any atom is 0.415 e. The number of hydrogen-bond donors (Lipinski definition) is 11. The molecule has 3 aliphatic rings. The maximum atomic E-state index is 11.0. The van der Waals surface area contributed by atoms with Gasteiger partial charge in [-0.05, 0) is 77.5 Å². The third kappa shape index (κ3) is 20.2. The van der Waals surface area contributed by atoms with Gasteiger partial charge in [-0.3, -0.25) is 49.7 Å². The summed E-state index contributed by atoms with van der Waals surface area (Å²) in [7, 11) is 1.37. The van der Waals surface area contributed by atoms with E-state index in [0.717, 1.165) is 137 Å². The van der Waals surface area contributed by atoms with E-state index in [1.165, 1.54) is 43.1 Å². The number of rotatable bonds is 4. The number of nitrogens with zero attached hydrogens (tertiary/aromatic N) is 16. The van der Waals surface area contributed by atoms with Crippen LogP contribution in [0.2, 0.25) is 0 Å². The fourth-order valence-corrected chi connectivity index (χ4v) is 9.94. The summed E-state index contributed by atoms with van der Waals surface area (Å²) in [4.78, 5) is 91.5. The zero-order valence-electron chi connectivity index (χ0n) is 54.8. The molecule has 36 heteroatoms. The van der Waals surface area contributed by atoms with Crippen LogP contribution in [0.15, 0.2) is 70.6 Å². The monoisotopic (exact) mass is 1370 g/mol. The van der Waals surface area contributed by atoms with Crippen LogP contribution in [0.3, 0.4) is 0 Å². The van der Waals surface area contributed by atoms with Crippen molar-refractivity contribution in [2.45, 2.75) is 74.1 Å². The first-order valence-electron chi connectivity index (χ1n) is 28.9. The van der Waals surface area contributed by atoms with Crippen LogP contribution >= 0.6 is 11.8 Å². The third-order valence-corrected chi connectivity index (χ3v) is 14.8. The van der Waals surface area contributed by atoms with Crippen LogP contribution in [0.25, 0.3) is 44.1 Å². The number of nitrogens with one attached hydrogen (secondary N) is 6. The Bertz CT molecular complexity index is 4600. The van der Waals surface area contributed by atoms with E-state index in [9.17, 15) is 40.7 Å². The molecule has 1 amide bonds. The van der Waals surface area contributed by atoms with Crippen molar-refractivity contribution in [2.24, 2.45) is 15.0 Å². The highest BCUT2D eigenvalue weighted by molar-refractivity contribution is 8.13. The number of phenols is 1. The highest BCUT2D eigenvalue weighted by atomic mass is 32.2. The number of fused-ring (bicyclic) bond motifs is 4. The number of aromatic hydroxyl groups is 1. The van der Waals surface area contributed by atoms with Gasteiger partial charge in [0, 0.05) is 92.2 Å². The SMILES string of the molecule is C#N.CC(=O)O.CC(=O)O.COC(=O)N1CCN=C1SC.Cc1c(N)cc(C#N)c2[nH]cnc12.Cc1c(NC2=NCCC2)cc(C#N)c2[nH]cnc12.Cc1c(NC2=NCCC2)cc(C#N)c2[nH]cnc12.Cc1c(O)cc(C#N)c2[nH]cnc12.Cc1c([N+](=O)[O-])cc(C#N)c(N)c1[N+](=O)[O-]. The van der Waals surface area contributed by atoms with Crippen LogP contribution in [0.4, 0.5) is 38.9 Å². The lowest BCUT2D eigenvalue weighted by Crippen LogP contribution is -2.32. The molecule has 0 fully saturated rings. The van der Waals surface area contributed by atoms with E-state index in [-0.39, 0.29) is 28.7 Å². The van der Waals surface area contributed by atoms with Gasteiger partial charge in [0.25, 0.3) is 17.6 Å². The average molecular weight is 1370 g/mol. The van der Waals surface area contributed by atoms with E-state index in [1.54, 1.807) is 38.0 Å². The van der Waals surface area contributed by atoms with Crippen molar-refractivity contribution in [1.82, 2.24) is 44.8 Å². The fourth-order valence-electron chi connectivity index (χ4n) is 9.33. The number of aliphatic carboxylic acids is 2. The summed E-state index contributed by atoms with van der Waals surface area (Å²) in [6.45, 7) is 17.6. The number of carboxylic acids is 2. The molecule has 0 bridgehead atoms. The van der Waals surface area contributed by atoms with Gasteiger partial charge >= 0.3 is 11.8 Å². The molecule has 12 rings (SSSR count). The van der Waals surface area contributed by atoms with Crippen molar-refractivity contribution in [2.75, 3.05) is 61.6 Å². The number of carbonyl (C=O) groups excluding carboxylic acids is 1. The number of imidazole rings is 4. The Balaban J connectivity index is 0.000000247. The van der Waals surface area contributed by atoms with Crippen LogP contribution in [-0.4, -0.2) is 144 Å². The fraction of sp³-hybridized carbons (Fsp3) is 0.270. The normalized spacial score (nSPS) is 11.9. The second-order valence-electron chi connectivity index (χ2n) is 20.5.